The molecule has 3 atom stereocenters. The average Bonchev–Trinajstić information content (AvgIpc) is 2.81. The maximum Gasteiger partial charge on any atom is 0.310 e. The topological polar surface area (TPSA) is 26.3 Å². The number of hydrogen-bond donors (Lipinski definition) is 0. The minimum atomic E-state index is -0.139. The molecular formula is C18H18O2. The largest absolute Gasteiger partial charge is 0.469 e. The molecule has 2 heteroatoms. The zero-order valence-corrected chi connectivity index (χ0v) is 11.7. The monoisotopic (exact) mass is 266 g/mol. The molecule has 0 aromatic heterocycles. The van der Waals surface area contributed by atoms with E-state index in [1.54, 1.807) is 0 Å². The van der Waals surface area contributed by atoms with Crippen molar-refractivity contribution >= 4 is 5.97 Å². The molecular weight excluding hydrogens is 248 g/mol. The lowest BCUT2D eigenvalue weighted by Gasteiger charge is -2.21. The first-order chi connectivity index (χ1) is 9.74. The Hall–Kier alpha value is -2.09. The van der Waals surface area contributed by atoms with Crippen molar-refractivity contribution in [2.45, 2.75) is 18.8 Å². The van der Waals surface area contributed by atoms with Gasteiger partial charge in [-0.3, -0.25) is 4.79 Å². The predicted molar refractivity (Wildman–Crippen MR) is 78.6 cm³/mol. The van der Waals surface area contributed by atoms with Crippen LogP contribution in [0.5, 0.6) is 0 Å². The van der Waals surface area contributed by atoms with Gasteiger partial charge in [0.2, 0.25) is 0 Å². The van der Waals surface area contributed by atoms with Crippen LogP contribution in [0, 0.1) is 5.92 Å². The van der Waals surface area contributed by atoms with Gasteiger partial charge in [-0.15, -0.1) is 0 Å². The molecule has 0 fully saturated rings. The summed E-state index contributed by atoms with van der Waals surface area (Å²) in [7, 11) is 1.47. The third kappa shape index (κ3) is 1.92. The van der Waals surface area contributed by atoms with E-state index in [-0.39, 0.29) is 23.7 Å². The standard InChI is InChI=1S/C18H18O2/c1-12-14-10-6-7-11-15(14)17(16(12)18(19)20-2)13-8-4-3-5-9-13/h3-12,16-17H,1-2H3/t12-,16+,17-/m0/s1. The van der Waals surface area contributed by atoms with Crippen molar-refractivity contribution in [1.29, 1.82) is 0 Å². The number of rotatable bonds is 2. The van der Waals surface area contributed by atoms with E-state index in [0.717, 1.165) is 0 Å². The van der Waals surface area contributed by atoms with Gasteiger partial charge in [0.05, 0.1) is 13.0 Å². The Kier molecular flexibility index (Phi) is 3.31. The van der Waals surface area contributed by atoms with Gasteiger partial charge >= 0.3 is 5.97 Å². The summed E-state index contributed by atoms with van der Waals surface area (Å²) in [4.78, 5) is 12.3. The maximum atomic E-state index is 12.3. The van der Waals surface area contributed by atoms with Gasteiger partial charge in [0.25, 0.3) is 0 Å². The first-order valence-corrected chi connectivity index (χ1v) is 6.95. The van der Waals surface area contributed by atoms with Crippen LogP contribution in [0.3, 0.4) is 0 Å². The van der Waals surface area contributed by atoms with Gasteiger partial charge in [-0.25, -0.2) is 0 Å². The first kappa shape index (κ1) is 12.9. The van der Waals surface area contributed by atoms with Gasteiger partial charge in [0.15, 0.2) is 0 Å². The number of fused-ring (bicyclic) bond motifs is 1. The minimum Gasteiger partial charge on any atom is -0.469 e. The van der Waals surface area contributed by atoms with E-state index in [1.807, 2.05) is 30.3 Å². The molecule has 0 aliphatic heterocycles. The number of hydrogen-bond acceptors (Lipinski definition) is 2. The average molecular weight is 266 g/mol. The maximum absolute atomic E-state index is 12.3. The number of methoxy groups -OCH3 is 1. The highest BCUT2D eigenvalue weighted by atomic mass is 16.5. The molecule has 0 saturated carbocycles. The molecule has 20 heavy (non-hydrogen) atoms. The number of esters is 1. The fourth-order valence-electron chi connectivity index (χ4n) is 3.41. The smallest absolute Gasteiger partial charge is 0.310 e. The molecule has 0 bridgehead atoms. The Morgan fingerprint density at radius 2 is 1.55 bits per heavy atom. The lowest BCUT2D eigenvalue weighted by atomic mass is 9.83. The lowest BCUT2D eigenvalue weighted by Crippen LogP contribution is -2.23. The van der Waals surface area contributed by atoms with Crippen LogP contribution in [-0.4, -0.2) is 13.1 Å². The zero-order valence-electron chi connectivity index (χ0n) is 11.7. The first-order valence-electron chi connectivity index (χ1n) is 6.95. The Bertz CT molecular complexity index is 618. The van der Waals surface area contributed by atoms with Crippen molar-refractivity contribution in [2.24, 2.45) is 5.92 Å². The lowest BCUT2D eigenvalue weighted by molar-refractivity contribution is -0.146. The molecule has 2 nitrogen and oxygen atoms in total. The quantitative estimate of drug-likeness (QED) is 0.774. The predicted octanol–water partition coefficient (Wildman–Crippen LogP) is 3.72. The fourth-order valence-corrected chi connectivity index (χ4v) is 3.41. The Morgan fingerprint density at radius 3 is 2.20 bits per heavy atom. The van der Waals surface area contributed by atoms with Crippen molar-refractivity contribution in [3.05, 3.63) is 71.3 Å². The minimum absolute atomic E-state index is 0.0925. The summed E-state index contributed by atoms with van der Waals surface area (Å²) in [6.07, 6.45) is 0. The van der Waals surface area contributed by atoms with Crippen molar-refractivity contribution in [3.63, 3.8) is 0 Å². The van der Waals surface area contributed by atoms with Gasteiger partial charge in [-0.1, -0.05) is 61.5 Å². The molecule has 1 aliphatic carbocycles. The van der Waals surface area contributed by atoms with E-state index >= 15 is 0 Å². The van der Waals surface area contributed by atoms with E-state index in [1.165, 1.54) is 23.8 Å². The number of benzene rings is 2. The van der Waals surface area contributed by atoms with Crippen LogP contribution in [0.4, 0.5) is 0 Å². The third-order valence-corrected chi connectivity index (χ3v) is 4.35. The number of carbonyl (C=O) groups is 1. The molecule has 0 N–H and O–H groups in total. The van der Waals surface area contributed by atoms with E-state index in [2.05, 4.69) is 31.2 Å². The summed E-state index contributed by atoms with van der Waals surface area (Å²) >= 11 is 0. The summed E-state index contributed by atoms with van der Waals surface area (Å²) in [6.45, 7) is 2.11. The summed E-state index contributed by atoms with van der Waals surface area (Å²) in [6, 6.07) is 18.6. The van der Waals surface area contributed by atoms with Crippen LogP contribution in [-0.2, 0) is 9.53 Å². The highest BCUT2D eigenvalue weighted by molar-refractivity contribution is 5.78. The van der Waals surface area contributed by atoms with Gasteiger partial charge in [-0.05, 0) is 22.6 Å². The Morgan fingerprint density at radius 1 is 0.950 bits per heavy atom. The summed E-state index contributed by atoms with van der Waals surface area (Å²) in [5.41, 5.74) is 3.69. The summed E-state index contributed by atoms with van der Waals surface area (Å²) < 4.78 is 5.05. The molecule has 2 aromatic carbocycles. The summed E-state index contributed by atoms with van der Waals surface area (Å²) in [5, 5.41) is 0. The molecule has 0 saturated heterocycles. The van der Waals surface area contributed by atoms with Crippen LogP contribution >= 0.6 is 0 Å². The highest BCUT2D eigenvalue weighted by Gasteiger charge is 2.43. The van der Waals surface area contributed by atoms with Gasteiger partial charge in [0, 0.05) is 5.92 Å². The Balaban J connectivity index is 2.14. The van der Waals surface area contributed by atoms with Crippen LogP contribution < -0.4 is 0 Å². The molecule has 0 radical (unpaired) electrons. The normalized spacial score (nSPS) is 24.2. The van der Waals surface area contributed by atoms with Gasteiger partial charge < -0.3 is 4.74 Å². The molecule has 102 valence electrons. The molecule has 3 rings (SSSR count). The van der Waals surface area contributed by atoms with Crippen LogP contribution in [0.2, 0.25) is 0 Å². The fraction of sp³-hybridized carbons (Fsp3) is 0.278. The molecule has 2 aromatic rings. The highest BCUT2D eigenvalue weighted by Crippen LogP contribution is 2.49. The van der Waals surface area contributed by atoms with Crippen LogP contribution in [0.25, 0.3) is 0 Å². The van der Waals surface area contributed by atoms with Crippen molar-refractivity contribution in [1.82, 2.24) is 0 Å². The van der Waals surface area contributed by atoms with Gasteiger partial charge in [0.1, 0.15) is 0 Å². The third-order valence-electron chi connectivity index (χ3n) is 4.35. The second-order valence-corrected chi connectivity index (χ2v) is 5.35. The van der Waals surface area contributed by atoms with Crippen molar-refractivity contribution < 1.29 is 9.53 Å². The van der Waals surface area contributed by atoms with Crippen LogP contribution in [0.15, 0.2) is 54.6 Å². The summed E-state index contributed by atoms with van der Waals surface area (Å²) in [5.74, 6) is 0.0149. The molecule has 0 heterocycles. The van der Waals surface area contributed by atoms with Gasteiger partial charge in [-0.2, -0.15) is 0 Å². The van der Waals surface area contributed by atoms with E-state index in [4.69, 9.17) is 4.74 Å². The molecule has 0 amide bonds. The van der Waals surface area contributed by atoms with Crippen LogP contribution in [0.1, 0.15) is 35.4 Å². The molecule has 0 unspecified atom stereocenters. The van der Waals surface area contributed by atoms with E-state index in [9.17, 15) is 4.79 Å². The van der Waals surface area contributed by atoms with Crippen molar-refractivity contribution in [3.8, 4) is 0 Å². The SMILES string of the molecule is COC(=O)[C@H]1[C@@H](c2ccccc2)c2ccccc2[C@@H]1C. The van der Waals surface area contributed by atoms with E-state index < -0.39 is 0 Å². The number of ether oxygens (including phenoxy) is 1. The second-order valence-electron chi connectivity index (χ2n) is 5.35. The zero-order chi connectivity index (χ0) is 14.1. The molecule has 1 aliphatic rings. The molecule has 0 spiro atoms. The Labute approximate surface area is 119 Å². The number of carbonyl (C=O) groups excluding carboxylic acids is 1. The van der Waals surface area contributed by atoms with Crippen molar-refractivity contribution in [2.75, 3.05) is 7.11 Å². The van der Waals surface area contributed by atoms with E-state index in [0.29, 0.717) is 0 Å². The second kappa shape index (κ2) is 5.12.